The third-order valence-corrected chi connectivity index (χ3v) is 3.27. The molecular weight excluding hydrogens is 272 g/mol. The van der Waals surface area contributed by atoms with Crippen molar-refractivity contribution in [2.24, 2.45) is 0 Å². The monoisotopic (exact) mass is 288 g/mol. The highest BCUT2D eigenvalue weighted by atomic mass is 35.5. The number of amides is 2. The summed E-state index contributed by atoms with van der Waals surface area (Å²) in [6, 6.07) is 17.0. The summed E-state index contributed by atoms with van der Waals surface area (Å²) in [5.41, 5.74) is 2.09. The number of carbonyl (C=O) groups excluding carboxylic acids is 1. The summed E-state index contributed by atoms with van der Waals surface area (Å²) in [5, 5.41) is 6.42. The molecule has 2 N–H and O–H groups in total. The van der Waals surface area contributed by atoms with E-state index >= 15 is 0 Å². The van der Waals surface area contributed by atoms with E-state index in [0.29, 0.717) is 11.6 Å². The Bertz CT molecular complexity index is 554. The van der Waals surface area contributed by atoms with Crippen LogP contribution in [0.3, 0.4) is 0 Å². The van der Waals surface area contributed by atoms with Gasteiger partial charge in [-0.15, -0.1) is 0 Å². The summed E-state index contributed by atoms with van der Waals surface area (Å²) < 4.78 is 0. The fourth-order valence-corrected chi connectivity index (χ4v) is 1.99. The quantitative estimate of drug-likeness (QED) is 0.880. The standard InChI is InChI=1S/C16H17ClN2O/c1-12(14-7-9-15(17)10-8-14)19-16(20)18-11-13-5-3-2-4-6-13/h2-10,12H,11H2,1H3,(H2,18,19,20). The average molecular weight is 289 g/mol. The highest BCUT2D eigenvalue weighted by Gasteiger charge is 2.08. The fourth-order valence-electron chi connectivity index (χ4n) is 1.86. The number of hydrogen-bond acceptors (Lipinski definition) is 1. The zero-order chi connectivity index (χ0) is 14.4. The molecule has 0 aliphatic heterocycles. The van der Waals surface area contributed by atoms with Crippen LogP contribution in [0.15, 0.2) is 54.6 Å². The van der Waals surface area contributed by atoms with Crippen LogP contribution in [0.4, 0.5) is 4.79 Å². The number of hydrogen-bond donors (Lipinski definition) is 2. The van der Waals surface area contributed by atoms with Crippen LogP contribution in [0.1, 0.15) is 24.1 Å². The summed E-state index contributed by atoms with van der Waals surface area (Å²) in [4.78, 5) is 11.8. The molecule has 2 amide bonds. The molecule has 0 saturated heterocycles. The number of urea groups is 1. The number of nitrogens with one attached hydrogen (secondary N) is 2. The van der Waals surface area contributed by atoms with Gasteiger partial charge in [-0.25, -0.2) is 4.79 Å². The molecule has 0 saturated carbocycles. The van der Waals surface area contributed by atoms with Crippen LogP contribution in [0.25, 0.3) is 0 Å². The predicted octanol–water partition coefficient (Wildman–Crippen LogP) is 3.90. The smallest absolute Gasteiger partial charge is 0.315 e. The normalized spacial score (nSPS) is 11.7. The van der Waals surface area contributed by atoms with Gasteiger partial charge in [0.15, 0.2) is 0 Å². The van der Waals surface area contributed by atoms with Crippen molar-refractivity contribution in [3.05, 3.63) is 70.7 Å². The van der Waals surface area contributed by atoms with Crippen molar-refractivity contribution in [2.75, 3.05) is 0 Å². The van der Waals surface area contributed by atoms with Crippen molar-refractivity contribution in [1.82, 2.24) is 10.6 Å². The van der Waals surface area contributed by atoms with Gasteiger partial charge in [0.25, 0.3) is 0 Å². The second-order valence-corrected chi connectivity index (χ2v) is 5.02. The Labute approximate surface area is 124 Å². The van der Waals surface area contributed by atoms with Crippen LogP contribution in [-0.4, -0.2) is 6.03 Å². The third-order valence-electron chi connectivity index (χ3n) is 3.01. The molecule has 4 heteroatoms. The van der Waals surface area contributed by atoms with Gasteiger partial charge in [0.05, 0.1) is 6.04 Å². The lowest BCUT2D eigenvalue weighted by molar-refractivity contribution is 0.237. The lowest BCUT2D eigenvalue weighted by Crippen LogP contribution is -2.36. The molecule has 0 spiro atoms. The summed E-state index contributed by atoms with van der Waals surface area (Å²) in [6.45, 7) is 2.45. The molecule has 2 aromatic rings. The van der Waals surface area contributed by atoms with Crippen molar-refractivity contribution < 1.29 is 4.79 Å². The summed E-state index contributed by atoms with van der Waals surface area (Å²) >= 11 is 5.84. The topological polar surface area (TPSA) is 41.1 Å². The van der Waals surface area contributed by atoms with E-state index in [0.717, 1.165) is 11.1 Å². The molecule has 0 radical (unpaired) electrons. The molecule has 20 heavy (non-hydrogen) atoms. The maximum Gasteiger partial charge on any atom is 0.315 e. The molecule has 2 rings (SSSR count). The van der Waals surface area contributed by atoms with Crippen LogP contribution in [0.5, 0.6) is 0 Å². The van der Waals surface area contributed by atoms with E-state index in [1.165, 1.54) is 0 Å². The minimum Gasteiger partial charge on any atom is -0.334 e. The van der Waals surface area contributed by atoms with Crippen molar-refractivity contribution in [3.63, 3.8) is 0 Å². The van der Waals surface area contributed by atoms with E-state index in [4.69, 9.17) is 11.6 Å². The van der Waals surface area contributed by atoms with Crippen LogP contribution in [0.2, 0.25) is 5.02 Å². The Morgan fingerprint density at radius 1 is 1.10 bits per heavy atom. The fraction of sp³-hybridized carbons (Fsp3) is 0.188. The second-order valence-electron chi connectivity index (χ2n) is 4.59. The second kappa shape index (κ2) is 6.96. The minimum atomic E-state index is -0.184. The zero-order valence-electron chi connectivity index (χ0n) is 11.3. The molecule has 0 fully saturated rings. The van der Waals surface area contributed by atoms with Crippen molar-refractivity contribution in [1.29, 1.82) is 0 Å². The SMILES string of the molecule is CC(NC(=O)NCc1ccccc1)c1ccc(Cl)cc1. The highest BCUT2D eigenvalue weighted by Crippen LogP contribution is 2.15. The van der Waals surface area contributed by atoms with Crippen molar-refractivity contribution in [3.8, 4) is 0 Å². The number of carbonyl (C=O) groups is 1. The van der Waals surface area contributed by atoms with Gasteiger partial charge in [-0.1, -0.05) is 54.1 Å². The summed E-state index contributed by atoms with van der Waals surface area (Å²) in [5.74, 6) is 0. The molecular formula is C16H17ClN2O. The first-order chi connectivity index (χ1) is 9.65. The largest absolute Gasteiger partial charge is 0.334 e. The predicted molar refractivity (Wildman–Crippen MR) is 81.7 cm³/mol. The molecule has 1 unspecified atom stereocenters. The average Bonchev–Trinajstić information content (AvgIpc) is 2.47. The summed E-state index contributed by atoms with van der Waals surface area (Å²) in [7, 11) is 0. The van der Waals surface area contributed by atoms with Gasteiger partial charge in [-0.05, 0) is 30.2 Å². The Morgan fingerprint density at radius 2 is 1.75 bits per heavy atom. The van der Waals surface area contributed by atoms with Gasteiger partial charge in [0.1, 0.15) is 0 Å². The Balaban J connectivity index is 1.83. The van der Waals surface area contributed by atoms with Gasteiger partial charge >= 0.3 is 6.03 Å². The van der Waals surface area contributed by atoms with Crippen molar-refractivity contribution >= 4 is 17.6 Å². The summed E-state index contributed by atoms with van der Waals surface area (Å²) in [6.07, 6.45) is 0. The first-order valence-corrected chi connectivity index (χ1v) is 6.86. The molecule has 0 heterocycles. The van der Waals surface area contributed by atoms with Gasteiger partial charge in [0.2, 0.25) is 0 Å². The lowest BCUT2D eigenvalue weighted by Gasteiger charge is -2.15. The van der Waals surface area contributed by atoms with Gasteiger partial charge < -0.3 is 10.6 Å². The van der Waals surface area contributed by atoms with E-state index in [-0.39, 0.29) is 12.1 Å². The molecule has 104 valence electrons. The molecule has 2 aromatic carbocycles. The van der Waals surface area contributed by atoms with Gasteiger partial charge in [-0.3, -0.25) is 0 Å². The molecule has 1 atom stereocenters. The van der Waals surface area contributed by atoms with Crippen LogP contribution < -0.4 is 10.6 Å². The van der Waals surface area contributed by atoms with Crippen LogP contribution in [-0.2, 0) is 6.54 Å². The zero-order valence-corrected chi connectivity index (χ0v) is 12.0. The molecule has 0 aromatic heterocycles. The molecule has 0 aliphatic carbocycles. The molecule has 3 nitrogen and oxygen atoms in total. The van der Waals surface area contributed by atoms with E-state index in [2.05, 4.69) is 10.6 Å². The first kappa shape index (κ1) is 14.4. The van der Waals surface area contributed by atoms with Gasteiger partial charge in [0, 0.05) is 11.6 Å². The van der Waals surface area contributed by atoms with E-state index in [1.54, 1.807) is 0 Å². The van der Waals surface area contributed by atoms with Crippen LogP contribution >= 0.6 is 11.6 Å². The van der Waals surface area contributed by atoms with E-state index in [9.17, 15) is 4.79 Å². The van der Waals surface area contributed by atoms with E-state index in [1.807, 2.05) is 61.5 Å². The maximum atomic E-state index is 11.8. The first-order valence-electron chi connectivity index (χ1n) is 6.49. The lowest BCUT2D eigenvalue weighted by atomic mass is 10.1. The Hall–Kier alpha value is -2.00. The van der Waals surface area contributed by atoms with Gasteiger partial charge in [-0.2, -0.15) is 0 Å². The third kappa shape index (κ3) is 4.28. The minimum absolute atomic E-state index is 0.0666. The highest BCUT2D eigenvalue weighted by molar-refractivity contribution is 6.30. The Morgan fingerprint density at radius 3 is 2.40 bits per heavy atom. The van der Waals surface area contributed by atoms with Crippen molar-refractivity contribution in [2.45, 2.75) is 19.5 Å². The Kier molecular flexibility index (Phi) is 5.02. The maximum absolute atomic E-state index is 11.8. The number of rotatable bonds is 4. The number of halogens is 1. The molecule has 0 aliphatic rings. The molecule has 0 bridgehead atoms. The number of benzene rings is 2. The van der Waals surface area contributed by atoms with E-state index < -0.39 is 0 Å². The van der Waals surface area contributed by atoms with Crippen LogP contribution in [0, 0.1) is 0 Å².